The summed E-state index contributed by atoms with van der Waals surface area (Å²) in [6.45, 7) is 3.72. The Balaban J connectivity index is 1.97. The first-order chi connectivity index (χ1) is 9.70. The minimum atomic E-state index is -0.736. The third-order valence-corrected chi connectivity index (χ3v) is 4.55. The lowest BCUT2D eigenvalue weighted by Gasteiger charge is -2.34. The van der Waals surface area contributed by atoms with Crippen LogP contribution in [0.25, 0.3) is 0 Å². The van der Waals surface area contributed by atoms with Gasteiger partial charge in [-0.3, -0.25) is 10.1 Å². The van der Waals surface area contributed by atoms with Gasteiger partial charge in [-0.2, -0.15) is 0 Å². The summed E-state index contributed by atoms with van der Waals surface area (Å²) >= 11 is 1.45. The summed E-state index contributed by atoms with van der Waals surface area (Å²) in [5.41, 5.74) is -0.736. The zero-order valence-corrected chi connectivity index (χ0v) is 12.9. The number of nitrogens with zero attached hydrogens (tertiary/aromatic N) is 2. The lowest BCUT2D eigenvalue weighted by molar-refractivity contribution is -0.140. The molecule has 0 saturated carbocycles. The smallest absolute Gasteiger partial charge is 0.258 e. The van der Waals surface area contributed by atoms with Gasteiger partial charge in [0.1, 0.15) is 10.6 Å². The average Bonchev–Trinajstić information content (AvgIpc) is 2.93. The topological polar surface area (TPSA) is 76.1 Å². The summed E-state index contributed by atoms with van der Waals surface area (Å²) in [4.78, 5) is 12.4. The molecule has 2 rings (SSSR count). The summed E-state index contributed by atoms with van der Waals surface area (Å²) in [6.07, 6.45) is 4.49. The zero-order valence-electron chi connectivity index (χ0n) is 12.1. The van der Waals surface area contributed by atoms with Crippen LogP contribution >= 0.6 is 11.3 Å². The van der Waals surface area contributed by atoms with Crippen molar-refractivity contribution < 1.29 is 9.53 Å². The molecule has 2 heterocycles. The number of rotatable bonds is 6. The molecule has 112 valence electrons. The van der Waals surface area contributed by atoms with E-state index in [-0.39, 0.29) is 5.91 Å². The van der Waals surface area contributed by atoms with E-state index in [2.05, 4.69) is 27.8 Å². The van der Waals surface area contributed by atoms with E-state index < -0.39 is 5.60 Å². The molecule has 0 aliphatic carbocycles. The van der Waals surface area contributed by atoms with Gasteiger partial charge in [-0.25, -0.2) is 0 Å². The molecule has 0 unspecified atom stereocenters. The van der Waals surface area contributed by atoms with Gasteiger partial charge in [0.25, 0.3) is 5.91 Å². The first-order valence-electron chi connectivity index (χ1n) is 7.10. The second-order valence-corrected chi connectivity index (χ2v) is 6.07. The number of hydrogen-bond donors (Lipinski definition) is 2. The van der Waals surface area contributed by atoms with Crippen LogP contribution in [-0.2, 0) is 16.0 Å². The highest BCUT2D eigenvalue weighted by molar-refractivity contribution is 7.15. The number of methoxy groups -OCH3 is 1. The van der Waals surface area contributed by atoms with Crippen molar-refractivity contribution >= 4 is 22.4 Å². The van der Waals surface area contributed by atoms with Crippen LogP contribution < -0.4 is 10.6 Å². The van der Waals surface area contributed by atoms with Gasteiger partial charge in [-0.1, -0.05) is 24.7 Å². The van der Waals surface area contributed by atoms with Gasteiger partial charge in [0.15, 0.2) is 0 Å². The fourth-order valence-corrected chi connectivity index (χ4v) is 3.08. The minimum Gasteiger partial charge on any atom is -0.368 e. The molecule has 0 atom stereocenters. The number of aromatic nitrogens is 2. The normalized spacial score (nSPS) is 17.9. The second-order valence-electron chi connectivity index (χ2n) is 5.01. The van der Waals surface area contributed by atoms with Crippen LogP contribution in [0, 0.1) is 0 Å². The van der Waals surface area contributed by atoms with Crippen molar-refractivity contribution in [3.63, 3.8) is 0 Å². The fraction of sp³-hybridized carbons (Fsp3) is 0.769. The summed E-state index contributed by atoms with van der Waals surface area (Å²) in [5.74, 6) is -0.111. The van der Waals surface area contributed by atoms with E-state index in [4.69, 9.17) is 4.74 Å². The Morgan fingerprint density at radius 2 is 2.20 bits per heavy atom. The summed E-state index contributed by atoms with van der Waals surface area (Å²) in [7, 11) is 1.59. The molecule has 0 spiro atoms. The molecule has 1 aromatic rings. The maximum absolute atomic E-state index is 12.4. The number of nitrogens with one attached hydrogen (secondary N) is 2. The largest absolute Gasteiger partial charge is 0.368 e. The number of piperidine rings is 1. The Kier molecular flexibility index (Phi) is 5.45. The molecule has 20 heavy (non-hydrogen) atoms. The summed E-state index contributed by atoms with van der Waals surface area (Å²) in [6, 6.07) is 0. The van der Waals surface area contributed by atoms with Crippen molar-refractivity contribution in [2.24, 2.45) is 0 Å². The maximum atomic E-state index is 12.4. The second kappa shape index (κ2) is 7.10. The molecular formula is C13H22N4O2S. The van der Waals surface area contributed by atoms with E-state index in [1.54, 1.807) is 7.11 Å². The van der Waals surface area contributed by atoms with Gasteiger partial charge >= 0.3 is 0 Å². The number of amides is 1. The highest BCUT2D eigenvalue weighted by Crippen LogP contribution is 2.25. The van der Waals surface area contributed by atoms with Crippen LogP contribution in [0.2, 0.25) is 0 Å². The Labute approximate surface area is 123 Å². The van der Waals surface area contributed by atoms with Crippen molar-refractivity contribution in [3.05, 3.63) is 5.01 Å². The molecule has 1 amide bonds. The average molecular weight is 298 g/mol. The molecule has 7 heteroatoms. The van der Waals surface area contributed by atoms with Gasteiger partial charge < -0.3 is 10.1 Å². The first kappa shape index (κ1) is 15.3. The molecule has 1 fully saturated rings. The zero-order chi connectivity index (χ0) is 14.4. The number of aryl methyl sites for hydroxylation is 1. The van der Waals surface area contributed by atoms with Crippen LogP contribution in [0.3, 0.4) is 0 Å². The van der Waals surface area contributed by atoms with E-state index in [1.165, 1.54) is 11.3 Å². The quantitative estimate of drug-likeness (QED) is 0.834. The van der Waals surface area contributed by atoms with E-state index in [0.717, 1.165) is 37.4 Å². The molecule has 0 radical (unpaired) electrons. The molecule has 1 aliphatic rings. The van der Waals surface area contributed by atoms with Gasteiger partial charge in [0, 0.05) is 13.5 Å². The van der Waals surface area contributed by atoms with E-state index >= 15 is 0 Å². The van der Waals surface area contributed by atoms with E-state index in [0.29, 0.717) is 18.0 Å². The van der Waals surface area contributed by atoms with Crippen LogP contribution in [-0.4, -0.2) is 41.9 Å². The van der Waals surface area contributed by atoms with Gasteiger partial charge in [0.05, 0.1) is 0 Å². The number of anilines is 1. The third-order valence-electron chi connectivity index (χ3n) is 3.65. The molecule has 1 aromatic heterocycles. The monoisotopic (exact) mass is 298 g/mol. The number of carbonyl (C=O) groups is 1. The Hall–Kier alpha value is -1.05. The van der Waals surface area contributed by atoms with Crippen molar-refractivity contribution in [3.8, 4) is 0 Å². The number of ether oxygens (including phenoxy) is 1. The minimum absolute atomic E-state index is 0.111. The maximum Gasteiger partial charge on any atom is 0.258 e. The standard InChI is InChI=1S/C13H22N4O2S/c1-3-4-5-10-16-17-12(20-10)15-11(18)13(19-2)6-8-14-9-7-13/h14H,3-9H2,1-2H3,(H,15,17,18). The number of carbonyl (C=O) groups excluding carboxylic acids is 1. The highest BCUT2D eigenvalue weighted by Gasteiger charge is 2.40. The number of hydrogen-bond acceptors (Lipinski definition) is 6. The van der Waals surface area contributed by atoms with Crippen molar-refractivity contribution in [1.29, 1.82) is 0 Å². The third kappa shape index (κ3) is 3.53. The Morgan fingerprint density at radius 1 is 1.45 bits per heavy atom. The van der Waals surface area contributed by atoms with Crippen LogP contribution in [0.1, 0.15) is 37.6 Å². The van der Waals surface area contributed by atoms with Gasteiger partial charge in [-0.15, -0.1) is 10.2 Å². The molecule has 2 N–H and O–H groups in total. The van der Waals surface area contributed by atoms with Crippen LogP contribution in [0.4, 0.5) is 5.13 Å². The molecule has 1 saturated heterocycles. The molecule has 0 bridgehead atoms. The first-order valence-corrected chi connectivity index (χ1v) is 7.91. The fourth-order valence-electron chi connectivity index (χ4n) is 2.30. The van der Waals surface area contributed by atoms with Gasteiger partial charge in [0.2, 0.25) is 5.13 Å². The lowest BCUT2D eigenvalue weighted by atomic mass is 9.91. The molecule has 6 nitrogen and oxygen atoms in total. The van der Waals surface area contributed by atoms with Crippen molar-refractivity contribution in [2.75, 3.05) is 25.5 Å². The van der Waals surface area contributed by atoms with Crippen molar-refractivity contribution in [1.82, 2.24) is 15.5 Å². The predicted molar refractivity (Wildman–Crippen MR) is 79.0 cm³/mol. The Morgan fingerprint density at radius 3 is 2.85 bits per heavy atom. The number of unbranched alkanes of at least 4 members (excludes halogenated alkanes) is 1. The van der Waals surface area contributed by atoms with E-state index in [1.807, 2.05) is 0 Å². The summed E-state index contributed by atoms with van der Waals surface area (Å²) < 4.78 is 5.49. The predicted octanol–water partition coefficient (Wildman–Crippen LogP) is 1.59. The van der Waals surface area contributed by atoms with Gasteiger partial charge in [-0.05, 0) is 32.4 Å². The van der Waals surface area contributed by atoms with Crippen LogP contribution in [0.15, 0.2) is 0 Å². The molecule has 0 aromatic carbocycles. The molecular weight excluding hydrogens is 276 g/mol. The van der Waals surface area contributed by atoms with Crippen LogP contribution in [0.5, 0.6) is 0 Å². The molecule has 1 aliphatic heterocycles. The highest BCUT2D eigenvalue weighted by atomic mass is 32.1. The lowest BCUT2D eigenvalue weighted by Crippen LogP contribution is -2.51. The van der Waals surface area contributed by atoms with Crippen molar-refractivity contribution in [2.45, 2.75) is 44.6 Å². The van der Waals surface area contributed by atoms with E-state index in [9.17, 15) is 4.79 Å². The SMILES string of the molecule is CCCCc1nnc(NC(=O)C2(OC)CCNCC2)s1. The summed E-state index contributed by atoms with van der Waals surface area (Å²) in [5, 5.41) is 15.8. The Bertz CT molecular complexity index is 443.